The molecule has 0 bridgehead atoms. The lowest BCUT2D eigenvalue weighted by molar-refractivity contribution is -0.137. The van der Waals surface area contributed by atoms with Crippen molar-refractivity contribution in [2.45, 2.75) is 44.6 Å². The van der Waals surface area contributed by atoms with Gasteiger partial charge in [-0.15, -0.1) is 0 Å². The highest BCUT2D eigenvalue weighted by Gasteiger charge is 2.27. The SMILES string of the molecule is O=C(O)CCC1CCCCC1n1cncn1. The van der Waals surface area contributed by atoms with Gasteiger partial charge in [-0.05, 0) is 25.2 Å². The van der Waals surface area contributed by atoms with Crippen LogP contribution in [0.1, 0.15) is 44.6 Å². The van der Waals surface area contributed by atoms with Gasteiger partial charge in [-0.3, -0.25) is 4.79 Å². The summed E-state index contributed by atoms with van der Waals surface area (Å²) in [5.74, 6) is -0.269. The van der Waals surface area contributed by atoms with E-state index in [4.69, 9.17) is 5.11 Å². The van der Waals surface area contributed by atoms with E-state index in [2.05, 4.69) is 10.1 Å². The maximum atomic E-state index is 10.6. The molecule has 5 nitrogen and oxygen atoms in total. The number of aliphatic carboxylic acids is 1. The van der Waals surface area contributed by atoms with Gasteiger partial charge in [-0.1, -0.05) is 12.8 Å². The smallest absolute Gasteiger partial charge is 0.303 e. The van der Waals surface area contributed by atoms with Crippen molar-refractivity contribution in [1.82, 2.24) is 14.8 Å². The Hall–Kier alpha value is -1.39. The Labute approximate surface area is 94.5 Å². The summed E-state index contributed by atoms with van der Waals surface area (Å²) in [5.41, 5.74) is 0. The molecule has 1 saturated carbocycles. The zero-order valence-corrected chi connectivity index (χ0v) is 9.25. The summed E-state index contributed by atoms with van der Waals surface area (Å²) in [4.78, 5) is 14.6. The van der Waals surface area contributed by atoms with Gasteiger partial charge in [-0.25, -0.2) is 9.67 Å². The van der Waals surface area contributed by atoms with E-state index in [9.17, 15) is 4.79 Å². The Morgan fingerprint density at radius 1 is 1.44 bits per heavy atom. The quantitative estimate of drug-likeness (QED) is 0.846. The Kier molecular flexibility index (Phi) is 3.54. The summed E-state index contributed by atoms with van der Waals surface area (Å²) in [6, 6.07) is 0.343. The van der Waals surface area contributed by atoms with Gasteiger partial charge < -0.3 is 5.11 Å². The minimum absolute atomic E-state index is 0.260. The molecule has 1 aliphatic carbocycles. The first-order chi connectivity index (χ1) is 7.77. The predicted molar refractivity (Wildman–Crippen MR) is 57.9 cm³/mol. The van der Waals surface area contributed by atoms with Crippen LogP contribution in [0.5, 0.6) is 0 Å². The van der Waals surface area contributed by atoms with Crippen molar-refractivity contribution < 1.29 is 9.90 Å². The summed E-state index contributed by atoms with van der Waals surface area (Å²) < 4.78 is 1.89. The molecule has 2 rings (SSSR count). The lowest BCUT2D eigenvalue weighted by Crippen LogP contribution is -2.24. The van der Waals surface area contributed by atoms with Crippen molar-refractivity contribution in [3.05, 3.63) is 12.7 Å². The molecule has 0 spiro atoms. The molecular weight excluding hydrogens is 206 g/mol. The summed E-state index contributed by atoms with van der Waals surface area (Å²) in [6.07, 6.45) is 8.90. The number of carboxylic acid groups (broad SMARTS) is 1. The molecule has 1 aromatic rings. The third kappa shape index (κ3) is 2.59. The molecule has 0 aromatic carbocycles. The van der Waals surface area contributed by atoms with E-state index in [0.717, 1.165) is 19.3 Å². The second-order valence-electron chi connectivity index (χ2n) is 4.42. The molecule has 2 atom stereocenters. The van der Waals surface area contributed by atoms with E-state index in [1.807, 2.05) is 4.68 Å². The zero-order chi connectivity index (χ0) is 11.4. The van der Waals surface area contributed by atoms with Crippen molar-refractivity contribution in [3.8, 4) is 0 Å². The van der Waals surface area contributed by atoms with Gasteiger partial charge in [0.1, 0.15) is 12.7 Å². The molecule has 1 aromatic heterocycles. The third-order valence-electron chi connectivity index (χ3n) is 3.37. The molecular formula is C11H17N3O2. The van der Waals surface area contributed by atoms with Crippen LogP contribution in [0.4, 0.5) is 0 Å². The fourth-order valence-corrected chi connectivity index (χ4v) is 2.57. The first-order valence-electron chi connectivity index (χ1n) is 5.83. The summed E-state index contributed by atoms with van der Waals surface area (Å²) in [5, 5.41) is 12.9. The molecule has 5 heteroatoms. The fraction of sp³-hybridized carbons (Fsp3) is 0.727. The van der Waals surface area contributed by atoms with E-state index in [1.54, 1.807) is 12.7 Å². The average Bonchev–Trinajstić information content (AvgIpc) is 2.80. The zero-order valence-electron chi connectivity index (χ0n) is 9.25. The molecule has 16 heavy (non-hydrogen) atoms. The van der Waals surface area contributed by atoms with E-state index >= 15 is 0 Å². The van der Waals surface area contributed by atoms with Crippen molar-refractivity contribution in [1.29, 1.82) is 0 Å². The largest absolute Gasteiger partial charge is 0.481 e. The highest BCUT2D eigenvalue weighted by Crippen LogP contribution is 2.35. The Morgan fingerprint density at radius 2 is 2.25 bits per heavy atom. The fourth-order valence-electron chi connectivity index (χ4n) is 2.57. The number of rotatable bonds is 4. The highest BCUT2D eigenvalue weighted by molar-refractivity contribution is 5.66. The second-order valence-corrected chi connectivity index (χ2v) is 4.42. The molecule has 0 amide bonds. The minimum Gasteiger partial charge on any atom is -0.481 e. The lowest BCUT2D eigenvalue weighted by atomic mass is 9.82. The average molecular weight is 223 g/mol. The number of carbonyl (C=O) groups is 1. The van der Waals surface area contributed by atoms with Crippen LogP contribution in [0, 0.1) is 5.92 Å². The van der Waals surface area contributed by atoms with Crippen LogP contribution in [0.15, 0.2) is 12.7 Å². The monoisotopic (exact) mass is 223 g/mol. The minimum atomic E-state index is -0.706. The maximum absolute atomic E-state index is 10.6. The predicted octanol–water partition coefficient (Wildman–Crippen LogP) is 1.87. The van der Waals surface area contributed by atoms with Crippen LogP contribution in [0.2, 0.25) is 0 Å². The van der Waals surface area contributed by atoms with E-state index in [1.165, 1.54) is 12.8 Å². The third-order valence-corrected chi connectivity index (χ3v) is 3.37. The van der Waals surface area contributed by atoms with E-state index in [-0.39, 0.29) is 6.42 Å². The van der Waals surface area contributed by atoms with Gasteiger partial charge in [-0.2, -0.15) is 5.10 Å². The van der Waals surface area contributed by atoms with Crippen LogP contribution in [0.25, 0.3) is 0 Å². The van der Waals surface area contributed by atoms with Gasteiger partial charge in [0.25, 0.3) is 0 Å². The molecule has 1 fully saturated rings. The molecule has 0 aliphatic heterocycles. The van der Waals surface area contributed by atoms with Crippen LogP contribution < -0.4 is 0 Å². The standard InChI is InChI=1S/C11H17N3O2/c15-11(16)6-5-9-3-1-2-4-10(9)14-8-12-7-13-14/h7-10H,1-6H2,(H,15,16). The van der Waals surface area contributed by atoms with Crippen molar-refractivity contribution >= 4 is 5.97 Å². The van der Waals surface area contributed by atoms with E-state index < -0.39 is 5.97 Å². The Morgan fingerprint density at radius 3 is 2.94 bits per heavy atom. The lowest BCUT2D eigenvalue weighted by Gasteiger charge is -2.31. The second kappa shape index (κ2) is 5.09. The molecule has 1 aliphatic rings. The van der Waals surface area contributed by atoms with E-state index in [0.29, 0.717) is 12.0 Å². The maximum Gasteiger partial charge on any atom is 0.303 e. The van der Waals surface area contributed by atoms with Crippen molar-refractivity contribution in [2.75, 3.05) is 0 Å². The molecule has 88 valence electrons. The van der Waals surface area contributed by atoms with Crippen molar-refractivity contribution in [2.24, 2.45) is 5.92 Å². The van der Waals surface area contributed by atoms with Gasteiger partial charge in [0.05, 0.1) is 6.04 Å². The van der Waals surface area contributed by atoms with Gasteiger partial charge in [0.2, 0.25) is 0 Å². The van der Waals surface area contributed by atoms with Crippen LogP contribution >= 0.6 is 0 Å². The Bertz CT molecular complexity index is 337. The molecule has 0 saturated heterocycles. The summed E-state index contributed by atoms with van der Waals surface area (Å²) in [6.45, 7) is 0. The molecule has 0 radical (unpaired) electrons. The normalized spacial score (nSPS) is 25.5. The van der Waals surface area contributed by atoms with Gasteiger partial charge >= 0.3 is 5.97 Å². The topological polar surface area (TPSA) is 68.0 Å². The number of hydrogen-bond acceptors (Lipinski definition) is 3. The van der Waals surface area contributed by atoms with Crippen LogP contribution in [0.3, 0.4) is 0 Å². The Balaban J connectivity index is 2.00. The van der Waals surface area contributed by atoms with Gasteiger partial charge in [0, 0.05) is 6.42 Å². The van der Waals surface area contributed by atoms with Crippen LogP contribution in [-0.2, 0) is 4.79 Å². The summed E-state index contributed by atoms with van der Waals surface area (Å²) in [7, 11) is 0. The summed E-state index contributed by atoms with van der Waals surface area (Å²) >= 11 is 0. The first-order valence-corrected chi connectivity index (χ1v) is 5.83. The van der Waals surface area contributed by atoms with Crippen LogP contribution in [-0.4, -0.2) is 25.8 Å². The number of carboxylic acids is 1. The number of aromatic nitrogens is 3. The first kappa shape index (κ1) is 11.1. The molecule has 1 N–H and O–H groups in total. The molecule has 1 heterocycles. The highest BCUT2D eigenvalue weighted by atomic mass is 16.4. The number of nitrogens with zero attached hydrogens (tertiary/aromatic N) is 3. The van der Waals surface area contributed by atoms with Gasteiger partial charge in [0.15, 0.2) is 0 Å². The van der Waals surface area contributed by atoms with Crippen molar-refractivity contribution in [3.63, 3.8) is 0 Å². The molecule has 2 unspecified atom stereocenters. The number of hydrogen-bond donors (Lipinski definition) is 1.